The largest absolute Gasteiger partial charge is 0.497 e. The third-order valence-corrected chi connectivity index (χ3v) is 5.29. The number of esters is 1. The van der Waals surface area contributed by atoms with Gasteiger partial charge >= 0.3 is 5.97 Å². The highest BCUT2D eigenvalue weighted by Gasteiger charge is 2.12. The molecule has 1 amide bonds. The molecule has 0 spiro atoms. The van der Waals surface area contributed by atoms with E-state index in [0.29, 0.717) is 27.5 Å². The smallest absolute Gasteiger partial charge is 0.337 e. The number of aromatic nitrogens is 1. The third-order valence-electron chi connectivity index (χ3n) is 4.30. The van der Waals surface area contributed by atoms with E-state index in [1.807, 2.05) is 24.3 Å². The van der Waals surface area contributed by atoms with Crippen molar-refractivity contribution in [1.82, 2.24) is 4.98 Å². The molecule has 7 nitrogen and oxygen atoms in total. The van der Waals surface area contributed by atoms with Gasteiger partial charge in [-0.25, -0.2) is 9.78 Å². The van der Waals surface area contributed by atoms with Crippen LogP contribution >= 0.6 is 11.8 Å². The molecule has 0 unspecified atom stereocenters. The maximum absolute atomic E-state index is 12.3. The van der Waals surface area contributed by atoms with E-state index < -0.39 is 5.97 Å². The average molecular weight is 433 g/mol. The number of nitrogens with zero attached hydrogens (tertiary/aromatic N) is 2. The van der Waals surface area contributed by atoms with Crippen LogP contribution in [-0.4, -0.2) is 36.8 Å². The van der Waals surface area contributed by atoms with Gasteiger partial charge in [-0.3, -0.25) is 4.79 Å². The number of hydrogen-bond donors (Lipinski definition) is 1. The fraction of sp³-hybridized carbons (Fsp3) is 0.130. The molecule has 3 aromatic rings. The van der Waals surface area contributed by atoms with Crippen molar-refractivity contribution in [3.63, 3.8) is 0 Å². The van der Waals surface area contributed by atoms with Gasteiger partial charge in [0.05, 0.1) is 36.8 Å². The second-order valence-electron chi connectivity index (χ2n) is 6.30. The molecule has 0 aliphatic carbocycles. The number of hydrogen-bond acceptors (Lipinski definition) is 7. The van der Waals surface area contributed by atoms with Crippen LogP contribution in [0.3, 0.4) is 0 Å². The average Bonchev–Trinajstić information content (AvgIpc) is 2.82. The van der Waals surface area contributed by atoms with E-state index in [1.54, 1.807) is 43.5 Å². The monoisotopic (exact) mass is 433 g/mol. The Kier molecular flexibility index (Phi) is 7.25. The lowest BCUT2D eigenvalue weighted by atomic mass is 10.1. The molecule has 2 aromatic carbocycles. The second-order valence-corrected chi connectivity index (χ2v) is 7.26. The molecule has 0 fully saturated rings. The topological polar surface area (TPSA) is 101 Å². The molecule has 0 radical (unpaired) electrons. The molecule has 156 valence electrons. The van der Waals surface area contributed by atoms with Crippen LogP contribution in [0.2, 0.25) is 0 Å². The van der Waals surface area contributed by atoms with Crippen molar-refractivity contribution in [2.45, 2.75) is 5.03 Å². The zero-order valence-corrected chi connectivity index (χ0v) is 17.7. The normalized spacial score (nSPS) is 10.1. The molecule has 0 bridgehead atoms. The third kappa shape index (κ3) is 5.62. The first kappa shape index (κ1) is 21.9. The van der Waals surface area contributed by atoms with Gasteiger partial charge < -0.3 is 14.8 Å². The maximum Gasteiger partial charge on any atom is 0.337 e. The number of methoxy groups -OCH3 is 2. The van der Waals surface area contributed by atoms with E-state index in [0.717, 1.165) is 11.3 Å². The molecule has 1 aromatic heterocycles. The lowest BCUT2D eigenvalue weighted by Crippen LogP contribution is -2.14. The van der Waals surface area contributed by atoms with Gasteiger partial charge in [0.15, 0.2) is 0 Å². The van der Waals surface area contributed by atoms with Crippen molar-refractivity contribution < 1.29 is 19.1 Å². The number of anilines is 1. The zero-order valence-electron chi connectivity index (χ0n) is 16.9. The first-order valence-corrected chi connectivity index (χ1v) is 10.2. The van der Waals surface area contributed by atoms with Crippen LogP contribution < -0.4 is 10.1 Å². The van der Waals surface area contributed by atoms with Gasteiger partial charge in [0, 0.05) is 11.3 Å². The molecule has 1 N–H and O–H groups in total. The van der Waals surface area contributed by atoms with Gasteiger partial charge in [-0.05, 0) is 60.7 Å². The number of thioether (sulfide) groups is 1. The van der Waals surface area contributed by atoms with Gasteiger partial charge in [0.2, 0.25) is 5.91 Å². The van der Waals surface area contributed by atoms with Crippen LogP contribution in [0.25, 0.3) is 11.3 Å². The molecule has 0 aliphatic rings. The van der Waals surface area contributed by atoms with Crippen molar-refractivity contribution in [3.8, 4) is 23.1 Å². The Bertz CT molecular complexity index is 1120. The number of carbonyl (C=O) groups excluding carboxylic acids is 2. The summed E-state index contributed by atoms with van der Waals surface area (Å²) in [5.41, 5.74) is 2.93. The number of benzene rings is 2. The van der Waals surface area contributed by atoms with Gasteiger partial charge in [0.1, 0.15) is 16.8 Å². The highest BCUT2D eigenvalue weighted by Crippen LogP contribution is 2.26. The van der Waals surface area contributed by atoms with Crippen LogP contribution in [0, 0.1) is 11.3 Å². The summed E-state index contributed by atoms with van der Waals surface area (Å²) in [5, 5.41) is 12.6. The Balaban J connectivity index is 1.67. The van der Waals surface area contributed by atoms with E-state index in [-0.39, 0.29) is 11.7 Å². The van der Waals surface area contributed by atoms with Crippen molar-refractivity contribution in [3.05, 3.63) is 71.8 Å². The summed E-state index contributed by atoms with van der Waals surface area (Å²) < 4.78 is 9.82. The maximum atomic E-state index is 12.3. The number of nitriles is 1. The lowest BCUT2D eigenvalue weighted by molar-refractivity contribution is -0.113. The van der Waals surface area contributed by atoms with E-state index in [2.05, 4.69) is 21.1 Å². The number of ether oxygens (including phenoxy) is 2. The molecular formula is C23H19N3O4S. The summed E-state index contributed by atoms with van der Waals surface area (Å²) in [5.74, 6) is 0.117. The summed E-state index contributed by atoms with van der Waals surface area (Å²) in [6, 6.07) is 19.4. The van der Waals surface area contributed by atoms with Gasteiger partial charge in [-0.1, -0.05) is 11.8 Å². The van der Waals surface area contributed by atoms with Crippen LogP contribution in [0.15, 0.2) is 65.7 Å². The van der Waals surface area contributed by atoms with Crippen molar-refractivity contribution in [1.29, 1.82) is 5.26 Å². The summed E-state index contributed by atoms with van der Waals surface area (Å²) in [7, 11) is 2.91. The Morgan fingerprint density at radius 3 is 2.35 bits per heavy atom. The van der Waals surface area contributed by atoms with Gasteiger partial charge in [0.25, 0.3) is 0 Å². The minimum absolute atomic E-state index is 0.0759. The van der Waals surface area contributed by atoms with E-state index in [9.17, 15) is 14.9 Å². The van der Waals surface area contributed by atoms with Crippen LogP contribution in [-0.2, 0) is 9.53 Å². The molecule has 1 heterocycles. The minimum Gasteiger partial charge on any atom is -0.497 e. The van der Waals surface area contributed by atoms with Crippen molar-refractivity contribution in [2.24, 2.45) is 0 Å². The number of amides is 1. The molecular weight excluding hydrogens is 414 g/mol. The van der Waals surface area contributed by atoms with E-state index in [1.165, 1.54) is 18.9 Å². The number of nitrogens with one attached hydrogen (secondary N) is 1. The highest BCUT2D eigenvalue weighted by atomic mass is 32.2. The SMILES string of the molecule is COC(=O)c1ccc(NC(=O)CSc2nc(-c3ccc(OC)cc3)ccc2C#N)cc1. The summed E-state index contributed by atoms with van der Waals surface area (Å²) >= 11 is 1.18. The molecule has 0 saturated carbocycles. The fourth-order valence-electron chi connectivity index (χ4n) is 2.70. The minimum atomic E-state index is -0.444. The molecule has 31 heavy (non-hydrogen) atoms. The number of pyridine rings is 1. The van der Waals surface area contributed by atoms with Gasteiger partial charge in [-0.2, -0.15) is 5.26 Å². The molecule has 8 heteroatoms. The Morgan fingerprint density at radius 1 is 1.03 bits per heavy atom. The molecule has 0 aliphatic heterocycles. The fourth-order valence-corrected chi connectivity index (χ4v) is 3.47. The van der Waals surface area contributed by atoms with Crippen molar-refractivity contribution in [2.75, 3.05) is 25.3 Å². The predicted molar refractivity (Wildman–Crippen MR) is 118 cm³/mol. The summed E-state index contributed by atoms with van der Waals surface area (Å²) in [6.45, 7) is 0. The first-order chi connectivity index (χ1) is 15.0. The summed E-state index contributed by atoms with van der Waals surface area (Å²) in [4.78, 5) is 28.4. The quantitative estimate of drug-likeness (QED) is 0.441. The molecule has 0 saturated heterocycles. The second kappa shape index (κ2) is 10.3. The lowest BCUT2D eigenvalue weighted by Gasteiger charge is -2.08. The molecule has 0 atom stereocenters. The predicted octanol–water partition coefficient (Wildman–Crippen LogP) is 4.15. The van der Waals surface area contributed by atoms with Crippen molar-refractivity contribution >= 4 is 29.3 Å². The van der Waals surface area contributed by atoms with E-state index >= 15 is 0 Å². The molecule has 3 rings (SSSR count). The van der Waals surface area contributed by atoms with Crippen LogP contribution in [0.4, 0.5) is 5.69 Å². The van der Waals surface area contributed by atoms with Gasteiger partial charge in [-0.15, -0.1) is 0 Å². The zero-order chi connectivity index (χ0) is 22.2. The Morgan fingerprint density at radius 2 is 1.74 bits per heavy atom. The summed E-state index contributed by atoms with van der Waals surface area (Å²) in [6.07, 6.45) is 0. The van der Waals surface area contributed by atoms with E-state index in [4.69, 9.17) is 4.74 Å². The number of carbonyl (C=O) groups is 2. The Hall–Kier alpha value is -3.83. The first-order valence-electron chi connectivity index (χ1n) is 9.20. The van der Waals surface area contributed by atoms with Crippen LogP contribution in [0.5, 0.6) is 5.75 Å². The van der Waals surface area contributed by atoms with Crippen LogP contribution in [0.1, 0.15) is 15.9 Å². The number of rotatable bonds is 7. The Labute approximate surface area is 184 Å². The standard InChI is InChI=1S/C23H19N3O4S/c1-29-19-10-5-15(6-11-19)20-12-7-17(13-24)22(26-20)31-14-21(27)25-18-8-3-16(4-9-18)23(28)30-2/h3-12H,14H2,1-2H3,(H,25,27). The highest BCUT2D eigenvalue weighted by molar-refractivity contribution is 8.00.